The van der Waals surface area contributed by atoms with E-state index in [9.17, 15) is 14.0 Å². The van der Waals surface area contributed by atoms with Crippen LogP contribution in [0.25, 0.3) is 0 Å². The third-order valence-electron chi connectivity index (χ3n) is 4.13. The Balaban J connectivity index is 2.13. The zero-order valence-corrected chi connectivity index (χ0v) is 17.9. The number of hydrogen-bond acceptors (Lipinski definition) is 3. The van der Waals surface area contributed by atoms with Crippen LogP contribution in [0.4, 0.5) is 4.39 Å². The molecule has 150 valence electrons. The molecule has 0 saturated carbocycles. The van der Waals surface area contributed by atoms with Crippen LogP contribution in [0.1, 0.15) is 22.3 Å². The quantitative estimate of drug-likeness (QED) is 0.647. The molecule has 1 N–H and O–H groups in total. The molecule has 2 rings (SSSR count). The van der Waals surface area contributed by atoms with E-state index in [1.807, 2.05) is 6.26 Å². The summed E-state index contributed by atoms with van der Waals surface area (Å²) in [5.41, 5.74) is 0.652. The number of hydrogen-bond donors (Lipinski definition) is 1. The van der Waals surface area contributed by atoms with Crippen molar-refractivity contribution in [3.63, 3.8) is 0 Å². The SMILES string of the molecule is CSCCC(NC(=O)c1ccc(Cl)cc1Cl)C(=O)N(C)Cc1ccccc1F. The van der Waals surface area contributed by atoms with Crippen molar-refractivity contribution < 1.29 is 14.0 Å². The minimum absolute atomic E-state index is 0.110. The van der Waals surface area contributed by atoms with Gasteiger partial charge in [-0.25, -0.2) is 4.39 Å². The summed E-state index contributed by atoms with van der Waals surface area (Å²) >= 11 is 13.5. The molecule has 2 aromatic carbocycles. The minimum Gasteiger partial charge on any atom is -0.340 e. The first-order valence-electron chi connectivity index (χ1n) is 8.56. The van der Waals surface area contributed by atoms with Crippen molar-refractivity contribution in [3.05, 3.63) is 69.5 Å². The predicted octanol–water partition coefficient (Wildman–Crippen LogP) is 4.64. The van der Waals surface area contributed by atoms with E-state index in [2.05, 4.69) is 5.32 Å². The number of thioether (sulfide) groups is 1. The first-order valence-corrected chi connectivity index (χ1v) is 10.7. The maximum Gasteiger partial charge on any atom is 0.253 e. The molecule has 0 aromatic heterocycles. The van der Waals surface area contributed by atoms with Gasteiger partial charge < -0.3 is 10.2 Å². The molecule has 0 aliphatic heterocycles. The van der Waals surface area contributed by atoms with Crippen LogP contribution >= 0.6 is 35.0 Å². The second-order valence-corrected chi connectivity index (χ2v) is 8.05. The standard InChI is InChI=1S/C20H21Cl2FN2O2S/c1-25(12-13-5-3-4-6-17(13)23)20(27)18(9-10-28-2)24-19(26)15-8-7-14(21)11-16(15)22/h3-8,11,18H,9-10,12H2,1-2H3,(H,24,26). The fraction of sp³-hybridized carbons (Fsp3) is 0.300. The molecule has 0 fully saturated rings. The van der Waals surface area contributed by atoms with Gasteiger partial charge in [-0.15, -0.1) is 0 Å². The molecule has 0 radical (unpaired) electrons. The average Bonchev–Trinajstić information content (AvgIpc) is 2.66. The Morgan fingerprint density at radius 2 is 1.93 bits per heavy atom. The molecule has 0 aliphatic rings. The van der Waals surface area contributed by atoms with Crippen molar-refractivity contribution in [1.82, 2.24) is 10.2 Å². The average molecular weight is 443 g/mol. The molecule has 0 heterocycles. The molecule has 1 atom stereocenters. The number of carbonyl (C=O) groups excluding carboxylic acids is 2. The highest BCUT2D eigenvalue weighted by Gasteiger charge is 2.25. The predicted molar refractivity (Wildman–Crippen MR) is 114 cm³/mol. The summed E-state index contributed by atoms with van der Waals surface area (Å²) in [6, 6.07) is 10.1. The lowest BCUT2D eigenvalue weighted by atomic mass is 10.1. The number of rotatable bonds is 8. The Hall–Kier alpha value is -1.76. The zero-order chi connectivity index (χ0) is 20.7. The van der Waals surface area contributed by atoms with Gasteiger partial charge in [0.15, 0.2) is 0 Å². The summed E-state index contributed by atoms with van der Waals surface area (Å²) in [6.45, 7) is 0.110. The number of benzene rings is 2. The van der Waals surface area contributed by atoms with Gasteiger partial charge in [0.1, 0.15) is 11.9 Å². The van der Waals surface area contributed by atoms with Crippen LogP contribution < -0.4 is 5.32 Å². The van der Waals surface area contributed by atoms with Gasteiger partial charge in [-0.1, -0.05) is 41.4 Å². The van der Waals surface area contributed by atoms with Gasteiger partial charge in [-0.05, 0) is 42.7 Å². The second kappa shape index (κ2) is 10.7. The molecular weight excluding hydrogens is 422 g/mol. The topological polar surface area (TPSA) is 49.4 Å². The number of nitrogens with zero attached hydrogens (tertiary/aromatic N) is 1. The molecule has 28 heavy (non-hydrogen) atoms. The van der Waals surface area contributed by atoms with Crippen LogP contribution in [0.15, 0.2) is 42.5 Å². The zero-order valence-electron chi connectivity index (χ0n) is 15.5. The Morgan fingerprint density at radius 3 is 2.57 bits per heavy atom. The first-order chi connectivity index (χ1) is 13.3. The Morgan fingerprint density at radius 1 is 1.21 bits per heavy atom. The van der Waals surface area contributed by atoms with Crippen molar-refractivity contribution in [1.29, 1.82) is 0 Å². The van der Waals surface area contributed by atoms with E-state index in [4.69, 9.17) is 23.2 Å². The van der Waals surface area contributed by atoms with Gasteiger partial charge in [0.2, 0.25) is 5.91 Å². The smallest absolute Gasteiger partial charge is 0.253 e. The number of amides is 2. The van der Waals surface area contributed by atoms with E-state index in [0.29, 0.717) is 22.8 Å². The highest BCUT2D eigenvalue weighted by Crippen LogP contribution is 2.21. The molecule has 4 nitrogen and oxygen atoms in total. The Bertz CT molecular complexity index is 851. The van der Waals surface area contributed by atoms with Crippen molar-refractivity contribution in [3.8, 4) is 0 Å². The third-order valence-corrected chi connectivity index (χ3v) is 5.32. The van der Waals surface area contributed by atoms with Crippen molar-refractivity contribution in [2.45, 2.75) is 19.0 Å². The van der Waals surface area contributed by atoms with Gasteiger partial charge in [0.25, 0.3) is 5.91 Å². The van der Waals surface area contributed by atoms with Gasteiger partial charge in [-0.2, -0.15) is 11.8 Å². The van der Waals surface area contributed by atoms with Crippen molar-refractivity contribution >= 4 is 46.8 Å². The van der Waals surface area contributed by atoms with Crippen molar-refractivity contribution in [2.24, 2.45) is 0 Å². The molecule has 0 spiro atoms. The molecule has 0 saturated heterocycles. The van der Waals surface area contributed by atoms with Crippen LogP contribution in [0, 0.1) is 5.82 Å². The minimum atomic E-state index is -0.747. The van der Waals surface area contributed by atoms with E-state index in [1.54, 1.807) is 43.1 Å². The molecule has 2 aromatic rings. The van der Waals surface area contributed by atoms with Crippen LogP contribution in [-0.2, 0) is 11.3 Å². The lowest BCUT2D eigenvalue weighted by Crippen LogP contribution is -2.47. The number of halogens is 3. The van der Waals surface area contributed by atoms with Crippen molar-refractivity contribution in [2.75, 3.05) is 19.1 Å². The largest absolute Gasteiger partial charge is 0.340 e. The van der Waals surface area contributed by atoms with E-state index in [-0.39, 0.29) is 28.9 Å². The maximum atomic E-state index is 13.9. The summed E-state index contributed by atoms with van der Waals surface area (Å²) in [7, 11) is 1.59. The normalized spacial score (nSPS) is 11.8. The summed E-state index contributed by atoms with van der Waals surface area (Å²) in [6.07, 6.45) is 2.36. The van der Waals surface area contributed by atoms with Gasteiger partial charge >= 0.3 is 0 Å². The summed E-state index contributed by atoms with van der Waals surface area (Å²) in [5.74, 6) is -0.450. The van der Waals surface area contributed by atoms with Gasteiger partial charge in [0, 0.05) is 24.2 Å². The summed E-state index contributed by atoms with van der Waals surface area (Å²) < 4.78 is 13.9. The number of nitrogens with one attached hydrogen (secondary N) is 1. The molecule has 0 aliphatic carbocycles. The Labute approximate surface area is 178 Å². The molecular formula is C20H21Cl2FN2O2S. The molecule has 1 unspecified atom stereocenters. The van der Waals surface area contributed by atoms with Crippen LogP contribution in [0.5, 0.6) is 0 Å². The monoisotopic (exact) mass is 442 g/mol. The van der Waals surface area contributed by atoms with Gasteiger partial charge in [-0.3, -0.25) is 9.59 Å². The highest BCUT2D eigenvalue weighted by atomic mass is 35.5. The number of carbonyl (C=O) groups is 2. The lowest BCUT2D eigenvalue weighted by Gasteiger charge is -2.25. The van der Waals surface area contributed by atoms with E-state index in [0.717, 1.165) is 0 Å². The van der Waals surface area contributed by atoms with E-state index < -0.39 is 11.9 Å². The highest BCUT2D eigenvalue weighted by molar-refractivity contribution is 7.98. The summed E-state index contributed by atoms with van der Waals surface area (Å²) in [4.78, 5) is 26.9. The maximum absolute atomic E-state index is 13.9. The van der Waals surface area contributed by atoms with E-state index in [1.165, 1.54) is 23.1 Å². The Kier molecular flexibility index (Phi) is 8.60. The van der Waals surface area contributed by atoms with E-state index >= 15 is 0 Å². The molecule has 0 bridgehead atoms. The van der Waals surface area contributed by atoms with Crippen LogP contribution in [0.2, 0.25) is 10.0 Å². The lowest BCUT2D eigenvalue weighted by molar-refractivity contribution is -0.132. The third kappa shape index (κ3) is 6.12. The summed E-state index contributed by atoms with van der Waals surface area (Å²) in [5, 5.41) is 3.37. The fourth-order valence-electron chi connectivity index (χ4n) is 2.63. The fourth-order valence-corrected chi connectivity index (χ4v) is 3.59. The van der Waals surface area contributed by atoms with Crippen LogP contribution in [-0.4, -0.2) is 41.8 Å². The first kappa shape index (κ1) is 22.5. The molecule has 8 heteroatoms. The second-order valence-electron chi connectivity index (χ2n) is 6.22. The van der Waals surface area contributed by atoms with Crippen LogP contribution in [0.3, 0.4) is 0 Å². The van der Waals surface area contributed by atoms with Gasteiger partial charge in [0.05, 0.1) is 10.6 Å². The number of likely N-dealkylation sites (N-methyl/N-ethyl adjacent to an activating group) is 1. The molecule has 2 amide bonds.